The molecule has 2 bridgehead atoms. The molecule has 0 N–H and O–H groups in total. The molecule has 36 heavy (non-hydrogen) atoms. The number of hydrogen-bond donors (Lipinski definition) is 0. The van der Waals surface area contributed by atoms with Gasteiger partial charge in [-0.15, -0.1) is 0 Å². The van der Waals surface area contributed by atoms with Crippen LogP contribution >= 0.6 is 0 Å². The predicted molar refractivity (Wildman–Crippen MR) is 140 cm³/mol. The number of carbonyl (C=O) groups is 1. The summed E-state index contributed by atoms with van der Waals surface area (Å²) in [5.74, 6) is 0.933. The molecule has 3 saturated heterocycles. The van der Waals surface area contributed by atoms with E-state index in [1.807, 2.05) is 63.6 Å². The van der Waals surface area contributed by atoms with Gasteiger partial charge in [-0.25, -0.2) is 9.78 Å². The van der Waals surface area contributed by atoms with Crippen LogP contribution in [-0.2, 0) is 11.8 Å². The van der Waals surface area contributed by atoms with Gasteiger partial charge in [-0.3, -0.25) is 14.6 Å². The van der Waals surface area contributed by atoms with Crippen molar-refractivity contribution in [3.63, 3.8) is 0 Å². The van der Waals surface area contributed by atoms with Crippen LogP contribution in [0, 0.1) is 0 Å². The minimum Gasteiger partial charge on any atom is -0.444 e. The second-order valence-corrected chi connectivity index (χ2v) is 10.7. The van der Waals surface area contributed by atoms with Gasteiger partial charge in [0.05, 0.1) is 23.8 Å². The summed E-state index contributed by atoms with van der Waals surface area (Å²) in [6.45, 7) is 7.26. The molecule has 1 aromatic carbocycles. The first-order valence-corrected chi connectivity index (χ1v) is 12.4. The zero-order valence-corrected chi connectivity index (χ0v) is 21.0. The number of rotatable bonds is 3. The largest absolute Gasteiger partial charge is 0.444 e. The summed E-state index contributed by atoms with van der Waals surface area (Å²) < 4.78 is 7.41. The van der Waals surface area contributed by atoms with Crippen LogP contribution in [0.1, 0.15) is 27.2 Å². The lowest BCUT2D eigenvalue weighted by molar-refractivity contribution is -0.0380. The third-order valence-corrected chi connectivity index (χ3v) is 6.94. The maximum absolute atomic E-state index is 12.6. The molecule has 0 saturated carbocycles. The number of hydrogen-bond acceptors (Lipinski definition) is 6. The summed E-state index contributed by atoms with van der Waals surface area (Å²) in [5.41, 5.74) is 4.73. The van der Waals surface area contributed by atoms with Crippen molar-refractivity contribution in [3.8, 4) is 22.3 Å². The Balaban J connectivity index is 1.25. The number of piperazine rings is 1. The number of anilines is 1. The van der Waals surface area contributed by atoms with Gasteiger partial charge in [0.25, 0.3) is 0 Å². The van der Waals surface area contributed by atoms with Gasteiger partial charge >= 0.3 is 6.09 Å². The molecule has 0 spiro atoms. The quantitative estimate of drug-likeness (QED) is 0.414. The van der Waals surface area contributed by atoms with E-state index in [-0.39, 0.29) is 18.2 Å². The zero-order valence-electron chi connectivity index (χ0n) is 21.0. The summed E-state index contributed by atoms with van der Waals surface area (Å²) in [6.07, 6.45) is 8.46. The molecule has 3 aromatic heterocycles. The number of ether oxygens (including phenoxy) is 1. The molecule has 1 amide bonds. The van der Waals surface area contributed by atoms with E-state index in [2.05, 4.69) is 45.3 Å². The van der Waals surface area contributed by atoms with Crippen LogP contribution in [0.3, 0.4) is 0 Å². The van der Waals surface area contributed by atoms with Gasteiger partial charge in [0.2, 0.25) is 0 Å². The SMILES string of the molecule is Cn1cc(-c2cc(-c3ccc(N4CC5CC(C4)N5C(=O)OC(C)(C)C)nc3)c3cccnc3c2)cn1. The third kappa shape index (κ3) is 4.06. The van der Waals surface area contributed by atoms with Crippen molar-refractivity contribution in [1.82, 2.24) is 24.6 Å². The van der Waals surface area contributed by atoms with E-state index in [0.29, 0.717) is 0 Å². The molecule has 3 fully saturated rings. The first-order chi connectivity index (χ1) is 17.2. The first kappa shape index (κ1) is 22.5. The van der Waals surface area contributed by atoms with Crippen molar-refractivity contribution in [2.75, 3.05) is 18.0 Å². The highest BCUT2D eigenvalue weighted by atomic mass is 16.6. The molecular formula is C28H30N6O2. The molecule has 7 rings (SSSR count). The average Bonchev–Trinajstić information content (AvgIpc) is 3.28. The third-order valence-electron chi connectivity index (χ3n) is 6.94. The molecule has 0 aliphatic carbocycles. The topological polar surface area (TPSA) is 76.4 Å². The molecule has 3 aliphatic rings. The maximum Gasteiger partial charge on any atom is 0.410 e. The number of carbonyl (C=O) groups excluding carboxylic acids is 1. The molecular weight excluding hydrogens is 452 g/mol. The molecule has 3 aliphatic heterocycles. The fraction of sp³-hybridized carbons (Fsp3) is 0.357. The van der Waals surface area contributed by atoms with Crippen molar-refractivity contribution < 1.29 is 9.53 Å². The monoisotopic (exact) mass is 482 g/mol. The summed E-state index contributed by atoms with van der Waals surface area (Å²) in [7, 11) is 1.92. The van der Waals surface area contributed by atoms with Gasteiger partial charge in [0.15, 0.2) is 0 Å². The zero-order chi connectivity index (χ0) is 25.0. The Morgan fingerprint density at radius 1 is 1.00 bits per heavy atom. The molecule has 8 nitrogen and oxygen atoms in total. The van der Waals surface area contributed by atoms with Crippen molar-refractivity contribution >= 4 is 22.8 Å². The van der Waals surface area contributed by atoms with Gasteiger partial charge in [-0.2, -0.15) is 5.10 Å². The number of fused-ring (bicyclic) bond motifs is 3. The maximum atomic E-state index is 12.6. The Morgan fingerprint density at radius 2 is 1.81 bits per heavy atom. The van der Waals surface area contributed by atoms with E-state index in [1.165, 1.54) is 0 Å². The van der Waals surface area contributed by atoms with Gasteiger partial charge in [-0.05, 0) is 68.7 Å². The fourth-order valence-electron chi connectivity index (χ4n) is 5.30. The Kier molecular flexibility index (Phi) is 5.21. The number of aryl methyl sites for hydroxylation is 1. The molecule has 184 valence electrons. The highest BCUT2D eigenvalue weighted by molar-refractivity contribution is 5.98. The van der Waals surface area contributed by atoms with Crippen LogP contribution in [-0.4, -0.2) is 61.5 Å². The number of nitrogens with zero attached hydrogens (tertiary/aromatic N) is 6. The Morgan fingerprint density at radius 3 is 2.47 bits per heavy atom. The lowest BCUT2D eigenvalue weighted by Crippen LogP contribution is -2.70. The van der Waals surface area contributed by atoms with Crippen LogP contribution in [0.15, 0.2) is 61.2 Å². The number of piperidine rings is 1. The number of amides is 1. The lowest BCUT2D eigenvalue weighted by Gasteiger charge is -2.56. The van der Waals surface area contributed by atoms with Crippen LogP contribution in [0.5, 0.6) is 0 Å². The van der Waals surface area contributed by atoms with Crippen LogP contribution < -0.4 is 4.90 Å². The highest BCUT2D eigenvalue weighted by Crippen LogP contribution is 2.37. The Hall–Kier alpha value is -3.94. The van der Waals surface area contributed by atoms with E-state index in [1.54, 1.807) is 4.68 Å². The molecule has 4 aromatic rings. The van der Waals surface area contributed by atoms with E-state index in [0.717, 1.165) is 58.5 Å². The van der Waals surface area contributed by atoms with Crippen LogP contribution in [0.25, 0.3) is 33.2 Å². The first-order valence-electron chi connectivity index (χ1n) is 12.4. The smallest absolute Gasteiger partial charge is 0.410 e. The van der Waals surface area contributed by atoms with Crippen molar-refractivity contribution in [1.29, 1.82) is 0 Å². The summed E-state index contributed by atoms with van der Waals surface area (Å²) in [4.78, 5) is 26.2. The minimum atomic E-state index is -0.480. The normalized spacial score (nSPS) is 19.3. The predicted octanol–water partition coefficient (Wildman–Crippen LogP) is 4.90. The van der Waals surface area contributed by atoms with Gasteiger partial charge in [-0.1, -0.05) is 6.07 Å². The minimum absolute atomic E-state index is 0.172. The standard InChI is InChI=1S/C28H30N6O2/c1-28(2,3)36-27(35)34-21-12-22(34)17-33(16-21)26-8-7-18(13-30-26)24-10-19(20-14-31-32(4)15-20)11-25-23(24)6-5-9-29-25/h5-11,13-15,21-22H,12,16-17H2,1-4H3. The van der Waals surface area contributed by atoms with E-state index >= 15 is 0 Å². The van der Waals surface area contributed by atoms with Crippen LogP contribution in [0.4, 0.5) is 10.6 Å². The van der Waals surface area contributed by atoms with E-state index in [4.69, 9.17) is 9.72 Å². The Labute approximate surface area is 210 Å². The van der Waals surface area contributed by atoms with Crippen molar-refractivity contribution in [2.24, 2.45) is 7.05 Å². The molecule has 6 heterocycles. The molecule has 2 atom stereocenters. The summed E-state index contributed by atoms with van der Waals surface area (Å²) >= 11 is 0. The van der Waals surface area contributed by atoms with Crippen LogP contribution in [0.2, 0.25) is 0 Å². The highest BCUT2D eigenvalue weighted by Gasteiger charge is 2.49. The summed E-state index contributed by atoms with van der Waals surface area (Å²) in [5, 5.41) is 5.42. The van der Waals surface area contributed by atoms with Gasteiger partial charge < -0.3 is 9.64 Å². The molecule has 2 unspecified atom stereocenters. The van der Waals surface area contributed by atoms with E-state index in [9.17, 15) is 4.79 Å². The fourth-order valence-corrected chi connectivity index (χ4v) is 5.30. The Bertz CT molecular complexity index is 1430. The van der Waals surface area contributed by atoms with Gasteiger partial charge in [0, 0.05) is 55.2 Å². The second kappa shape index (κ2) is 8.33. The van der Waals surface area contributed by atoms with Crippen molar-refractivity contribution in [2.45, 2.75) is 44.9 Å². The summed E-state index contributed by atoms with van der Waals surface area (Å²) in [6, 6.07) is 12.9. The van der Waals surface area contributed by atoms with Gasteiger partial charge in [0.1, 0.15) is 11.4 Å². The lowest BCUT2D eigenvalue weighted by atomic mass is 9.88. The van der Waals surface area contributed by atoms with Crippen molar-refractivity contribution in [3.05, 3.63) is 61.2 Å². The molecule has 8 heteroatoms. The number of pyridine rings is 2. The average molecular weight is 483 g/mol. The molecule has 0 radical (unpaired) electrons. The number of benzene rings is 1. The second-order valence-electron chi connectivity index (χ2n) is 10.7. The van der Waals surface area contributed by atoms with E-state index < -0.39 is 5.60 Å². The number of aromatic nitrogens is 4.